The summed E-state index contributed by atoms with van der Waals surface area (Å²) in [6, 6.07) is 10.7. The van der Waals surface area contributed by atoms with Crippen molar-refractivity contribution in [2.75, 3.05) is 22.5 Å². The normalized spacial score (nSPS) is 13.3. The second-order valence-electron chi connectivity index (χ2n) is 6.68. The van der Waals surface area contributed by atoms with Crippen LogP contribution in [0.3, 0.4) is 0 Å². The molecule has 1 aliphatic rings. The fourth-order valence-corrected chi connectivity index (χ4v) is 3.94. The van der Waals surface area contributed by atoms with Gasteiger partial charge in [-0.2, -0.15) is 5.26 Å². The lowest BCUT2D eigenvalue weighted by Crippen LogP contribution is -2.23. The fraction of sp³-hybridized carbons (Fsp3) is 0.286. The number of carbonyl (C=O) groups excluding carboxylic acids is 3. The minimum Gasteiger partial charge on any atom is -0.325 e. The topological polar surface area (TPSA) is 103 Å². The van der Waals surface area contributed by atoms with E-state index in [-0.39, 0.29) is 28.9 Å². The van der Waals surface area contributed by atoms with Gasteiger partial charge in [0.2, 0.25) is 11.8 Å². The number of aryl methyl sites for hydroxylation is 1. The van der Waals surface area contributed by atoms with Crippen molar-refractivity contribution < 1.29 is 14.4 Å². The first-order chi connectivity index (χ1) is 13.9. The molecule has 0 radical (unpaired) electrons. The summed E-state index contributed by atoms with van der Waals surface area (Å²) < 4.78 is 0. The molecule has 148 valence electrons. The lowest BCUT2D eigenvalue weighted by atomic mass is 10.1. The Labute approximate surface area is 173 Å². The Morgan fingerprint density at radius 1 is 1.34 bits per heavy atom. The van der Waals surface area contributed by atoms with Gasteiger partial charge in [0.05, 0.1) is 11.3 Å². The lowest BCUT2D eigenvalue weighted by Gasteiger charge is -2.16. The maximum Gasteiger partial charge on any atom is 0.234 e. The molecule has 29 heavy (non-hydrogen) atoms. The standard InChI is InChI=1S/C21H20N4O3S/c1-13-18(14(2)26)9-15(11-22)21(23-13)29-12-19(27)24-16-5-3-6-17(10-16)25-8-4-7-20(25)28/h3,5-6,9-10H,4,7-8,12H2,1-2H3,(H,24,27). The first-order valence-corrected chi connectivity index (χ1v) is 10.1. The molecule has 2 aromatic rings. The highest BCUT2D eigenvalue weighted by Gasteiger charge is 2.22. The minimum atomic E-state index is -0.251. The Bertz CT molecular complexity index is 1030. The van der Waals surface area contributed by atoms with Crippen molar-refractivity contribution in [3.05, 3.63) is 47.2 Å². The number of ketones is 1. The molecular formula is C21H20N4O3S. The van der Waals surface area contributed by atoms with Gasteiger partial charge in [-0.1, -0.05) is 17.8 Å². The van der Waals surface area contributed by atoms with E-state index < -0.39 is 0 Å². The van der Waals surface area contributed by atoms with Crippen LogP contribution in [0.5, 0.6) is 0 Å². The van der Waals surface area contributed by atoms with Crippen molar-refractivity contribution >= 4 is 40.7 Å². The number of pyridine rings is 1. The van der Waals surface area contributed by atoms with E-state index in [1.807, 2.05) is 12.1 Å². The van der Waals surface area contributed by atoms with Crippen LogP contribution in [0.4, 0.5) is 11.4 Å². The van der Waals surface area contributed by atoms with E-state index in [1.54, 1.807) is 30.0 Å². The number of anilines is 2. The van der Waals surface area contributed by atoms with Crippen LogP contribution in [0.15, 0.2) is 35.4 Å². The van der Waals surface area contributed by atoms with E-state index in [9.17, 15) is 19.6 Å². The van der Waals surface area contributed by atoms with Crippen LogP contribution in [-0.4, -0.2) is 34.9 Å². The molecule has 2 amide bonds. The molecule has 1 aliphatic heterocycles. The van der Waals surface area contributed by atoms with E-state index >= 15 is 0 Å². The van der Waals surface area contributed by atoms with Crippen LogP contribution in [-0.2, 0) is 9.59 Å². The van der Waals surface area contributed by atoms with Gasteiger partial charge in [-0.25, -0.2) is 4.98 Å². The lowest BCUT2D eigenvalue weighted by molar-refractivity contribution is -0.117. The molecule has 0 saturated carbocycles. The average Bonchev–Trinajstić information content (AvgIpc) is 3.12. The molecule has 1 aromatic heterocycles. The van der Waals surface area contributed by atoms with Crippen molar-refractivity contribution in [2.24, 2.45) is 0 Å². The zero-order chi connectivity index (χ0) is 21.0. The van der Waals surface area contributed by atoms with Gasteiger partial charge in [0.15, 0.2) is 5.78 Å². The number of hydrogen-bond donors (Lipinski definition) is 1. The largest absolute Gasteiger partial charge is 0.325 e. The number of amides is 2. The average molecular weight is 408 g/mol. The van der Waals surface area contributed by atoms with Gasteiger partial charge in [0.1, 0.15) is 11.1 Å². The molecule has 1 aromatic carbocycles. The first kappa shape index (κ1) is 20.6. The number of hydrogen-bond acceptors (Lipinski definition) is 6. The maximum atomic E-state index is 12.4. The smallest absolute Gasteiger partial charge is 0.234 e. The number of nitrogens with zero attached hydrogens (tertiary/aromatic N) is 3. The molecule has 0 aliphatic carbocycles. The summed E-state index contributed by atoms with van der Waals surface area (Å²) in [5.41, 5.74) is 2.57. The number of rotatable bonds is 6. The summed E-state index contributed by atoms with van der Waals surface area (Å²) in [7, 11) is 0. The van der Waals surface area contributed by atoms with Gasteiger partial charge in [0, 0.05) is 35.6 Å². The number of aromatic nitrogens is 1. The molecule has 0 atom stereocenters. The Morgan fingerprint density at radius 2 is 2.14 bits per heavy atom. The molecule has 0 spiro atoms. The molecule has 3 rings (SSSR count). The van der Waals surface area contributed by atoms with Crippen LogP contribution in [0.25, 0.3) is 0 Å². The molecular weight excluding hydrogens is 388 g/mol. The molecule has 2 heterocycles. The third kappa shape index (κ3) is 4.81. The Kier molecular flexibility index (Phi) is 6.29. The summed E-state index contributed by atoms with van der Waals surface area (Å²) in [6.45, 7) is 3.81. The van der Waals surface area contributed by atoms with Gasteiger partial charge >= 0.3 is 0 Å². The van der Waals surface area contributed by atoms with Gasteiger partial charge in [-0.3, -0.25) is 14.4 Å². The highest BCUT2D eigenvalue weighted by Crippen LogP contribution is 2.26. The predicted octanol–water partition coefficient (Wildman–Crippen LogP) is 3.32. The zero-order valence-electron chi connectivity index (χ0n) is 16.2. The molecule has 7 nitrogen and oxygen atoms in total. The molecule has 1 N–H and O–H groups in total. The second kappa shape index (κ2) is 8.88. The zero-order valence-corrected chi connectivity index (χ0v) is 17.0. The van der Waals surface area contributed by atoms with Crippen molar-refractivity contribution in [2.45, 2.75) is 31.7 Å². The summed E-state index contributed by atoms with van der Waals surface area (Å²) >= 11 is 1.14. The molecule has 0 bridgehead atoms. The van der Waals surface area contributed by atoms with E-state index in [0.717, 1.165) is 23.9 Å². The van der Waals surface area contributed by atoms with Gasteiger partial charge in [-0.15, -0.1) is 0 Å². The first-order valence-electron chi connectivity index (χ1n) is 9.15. The number of carbonyl (C=O) groups is 3. The summed E-state index contributed by atoms with van der Waals surface area (Å²) in [5, 5.41) is 12.6. The second-order valence-corrected chi connectivity index (χ2v) is 7.64. The molecule has 1 saturated heterocycles. The number of thioether (sulfide) groups is 1. The highest BCUT2D eigenvalue weighted by atomic mass is 32.2. The van der Waals surface area contributed by atoms with E-state index in [1.165, 1.54) is 13.0 Å². The van der Waals surface area contributed by atoms with Crippen molar-refractivity contribution in [1.82, 2.24) is 4.98 Å². The predicted molar refractivity (Wildman–Crippen MR) is 111 cm³/mol. The molecule has 8 heteroatoms. The van der Waals surface area contributed by atoms with Crippen molar-refractivity contribution in [3.63, 3.8) is 0 Å². The monoisotopic (exact) mass is 408 g/mol. The maximum absolute atomic E-state index is 12.4. The van der Waals surface area contributed by atoms with Gasteiger partial charge in [0.25, 0.3) is 0 Å². The molecule has 0 unspecified atom stereocenters. The molecule has 1 fully saturated rings. The third-order valence-corrected chi connectivity index (χ3v) is 5.52. The van der Waals surface area contributed by atoms with Crippen molar-refractivity contribution in [3.8, 4) is 6.07 Å². The number of nitriles is 1. The Balaban J connectivity index is 1.66. The van der Waals surface area contributed by atoms with Gasteiger partial charge in [-0.05, 0) is 44.5 Å². The third-order valence-electron chi connectivity index (χ3n) is 4.53. The Hall–Kier alpha value is -3.18. The van der Waals surface area contributed by atoms with E-state index in [0.29, 0.717) is 34.9 Å². The number of Topliss-reactive ketones (excluding diaryl/α,β-unsaturated/α-hetero) is 1. The fourth-order valence-electron chi connectivity index (χ4n) is 3.13. The highest BCUT2D eigenvalue weighted by molar-refractivity contribution is 8.00. The van der Waals surface area contributed by atoms with Gasteiger partial charge < -0.3 is 10.2 Å². The van der Waals surface area contributed by atoms with Crippen LogP contribution >= 0.6 is 11.8 Å². The summed E-state index contributed by atoms with van der Waals surface area (Å²) in [4.78, 5) is 41.9. The summed E-state index contributed by atoms with van der Waals surface area (Å²) in [5.74, 6) is -0.257. The quantitative estimate of drug-likeness (QED) is 0.581. The van der Waals surface area contributed by atoms with E-state index in [2.05, 4.69) is 10.3 Å². The van der Waals surface area contributed by atoms with E-state index in [4.69, 9.17) is 0 Å². The van der Waals surface area contributed by atoms with Crippen molar-refractivity contribution in [1.29, 1.82) is 5.26 Å². The van der Waals surface area contributed by atoms with Crippen LogP contribution < -0.4 is 10.2 Å². The Morgan fingerprint density at radius 3 is 2.79 bits per heavy atom. The van der Waals surface area contributed by atoms with Crippen LogP contribution in [0, 0.1) is 18.3 Å². The number of benzene rings is 1. The minimum absolute atomic E-state index is 0.0629. The SMILES string of the molecule is CC(=O)c1cc(C#N)c(SCC(=O)Nc2cccc(N3CCCC3=O)c2)nc1C. The van der Waals surface area contributed by atoms with Crippen LogP contribution in [0.2, 0.25) is 0 Å². The number of nitrogens with one attached hydrogen (secondary N) is 1. The summed E-state index contributed by atoms with van der Waals surface area (Å²) in [6.07, 6.45) is 1.38. The van der Waals surface area contributed by atoms with Crippen LogP contribution in [0.1, 0.15) is 41.4 Å².